The van der Waals surface area contributed by atoms with Crippen LogP contribution >= 0.6 is 0 Å². The maximum Gasteiger partial charge on any atom is 0.178 e. The molecule has 0 aliphatic heterocycles. The molecule has 0 spiro atoms. The zero-order valence-electron chi connectivity index (χ0n) is 9.49. The van der Waals surface area contributed by atoms with Gasteiger partial charge in [-0.1, -0.05) is 0 Å². The fourth-order valence-electron chi connectivity index (χ4n) is 1.38. The summed E-state index contributed by atoms with van der Waals surface area (Å²) in [7, 11) is -3.56. The van der Waals surface area contributed by atoms with Gasteiger partial charge in [0.2, 0.25) is 0 Å². The van der Waals surface area contributed by atoms with Crippen molar-refractivity contribution in [2.45, 2.75) is 30.7 Å². The molecule has 6 heteroatoms. The second kappa shape index (κ2) is 5.55. The first-order valence-electron chi connectivity index (χ1n) is 5.26. The average Bonchev–Trinajstić information content (AvgIpc) is 2.21. The van der Waals surface area contributed by atoms with Crippen molar-refractivity contribution in [1.82, 2.24) is 0 Å². The Kier molecular flexibility index (Phi) is 4.59. The Balaban J connectivity index is 2.79. The minimum absolute atomic E-state index is 0.0739. The van der Waals surface area contributed by atoms with Gasteiger partial charge in [0.1, 0.15) is 0 Å². The lowest BCUT2D eigenvalue weighted by molar-refractivity contribution is 0.504. The average molecular weight is 263 g/mol. The van der Waals surface area contributed by atoms with Gasteiger partial charge in [-0.25, -0.2) is 17.2 Å². The highest BCUT2D eigenvalue weighted by molar-refractivity contribution is 7.91. The zero-order valence-corrected chi connectivity index (χ0v) is 10.3. The molecule has 0 saturated carbocycles. The molecule has 1 aromatic rings. The Morgan fingerprint density at radius 3 is 2.47 bits per heavy atom. The first-order valence-corrected chi connectivity index (χ1v) is 6.91. The van der Waals surface area contributed by atoms with Gasteiger partial charge in [0.05, 0.1) is 10.6 Å². The van der Waals surface area contributed by atoms with Gasteiger partial charge >= 0.3 is 0 Å². The molecule has 1 unspecified atom stereocenters. The molecule has 0 saturated heterocycles. The summed E-state index contributed by atoms with van der Waals surface area (Å²) in [6.45, 7) is 1.78. The van der Waals surface area contributed by atoms with Gasteiger partial charge < -0.3 is 5.73 Å². The van der Waals surface area contributed by atoms with Crippen LogP contribution in [0.2, 0.25) is 0 Å². The van der Waals surface area contributed by atoms with Crippen LogP contribution in [0.1, 0.15) is 19.8 Å². The van der Waals surface area contributed by atoms with Crippen LogP contribution in [0.4, 0.5) is 8.78 Å². The van der Waals surface area contributed by atoms with Crippen LogP contribution in [0.3, 0.4) is 0 Å². The topological polar surface area (TPSA) is 60.2 Å². The summed E-state index contributed by atoms with van der Waals surface area (Å²) in [5.41, 5.74) is 5.50. The van der Waals surface area contributed by atoms with Crippen molar-refractivity contribution in [1.29, 1.82) is 0 Å². The number of rotatable bonds is 5. The summed E-state index contributed by atoms with van der Waals surface area (Å²) in [4.78, 5) is -0.193. The van der Waals surface area contributed by atoms with E-state index in [0.29, 0.717) is 18.9 Å². The van der Waals surface area contributed by atoms with Crippen LogP contribution in [-0.4, -0.2) is 20.2 Å². The number of halogens is 2. The fraction of sp³-hybridized carbons (Fsp3) is 0.455. The lowest BCUT2D eigenvalue weighted by atomic mass is 10.2. The van der Waals surface area contributed by atoms with E-state index in [1.165, 1.54) is 0 Å². The maximum atomic E-state index is 12.9. The van der Waals surface area contributed by atoms with Crippen molar-refractivity contribution in [2.24, 2.45) is 5.73 Å². The van der Waals surface area contributed by atoms with Crippen LogP contribution < -0.4 is 5.73 Å². The van der Waals surface area contributed by atoms with Crippen molar-refractivity contribution < 1.29 is 17.2 Å². The van der Waals surface area contributed by atoms with Crippen LogP contribution in [-0.2, 0) is 9.84 Å². The first kappa shape index (κ1) is 14.1. The third kappa shape index (κ3) is 4.05. The predicted molar refractivity (Wildman–Crippen MR) is 61.3 cm³/mol. The minimum Gasteiger partial charge on any atom is -0.328 e. The molecule has 1 atom stereocenters. The van der Waals surface area contributed by atoms with Crippen LogP contribution in [0.25, 0.3) is 0 Å². The Morgan fingerprint density at radius 1 is 1.29 bits per heavy atom. The molecular weight excluding hydrogens is 248 g/mol. The van der Waals surface area contributed by atoms with Crippen LogP contribution in [0.5, 0.6) is 0 Å². The second-order valence-corrected chi connectivity index (χ2v) is 6.12. The summed E-state index contributed by atoms with van der Waals surface area (Å²) in [6.07, 6.45) is 0.974. The molecule has 0 aliphatic carbocycles. The first-order chi connectivity index (χ1) is 7.83. The molecule has 0 bridgehead atoms. The summed E-state index contributed by atoms with van der Waals surface area (Å²) in [5.74, 6) is -2.32. The molecule has 0 amide bonds. The number of hydrogen-bond donors (Lipinski definition) is 1. The molecular formula is C11H15F2NO2S. The van der Waals surface area contributed by atoms with Crippen molar-refractivity contribution in [3.8, 4) is 0 Å². The van der Waals surface area contributed by atoms with E-state index in [4.69, 9.17) is 5.73 Å². The standard InChI is InChI=1S/C11H15F2NO2S/c1-8(14)3-2-6-17(15,16)9-4-5-10(12)11(13)7-9/h4-5,7-8H,2-3,6,14H2,1H3. The molecule has 1 rings (SSSR count). The Morgan fingerprint density at radius 2 is 1.94 bits per heavy atom. The van der Waals surface area contributed by atoms with E-state index in [1.54, 1.807) is 6.92 Å². The summed E-state index contributed by atoms with van der Waals surface area (Å²) >= 11 is 0. The van der Waals surface area contributed by atoms with Crippen LogP contribution in [0, 0.1) is 11.6 Å². The molecule has 0 heterocycles. The van der Waals surface area contributed by atoms with Gasteiger partial charge in [0.25, 0.3) is 0 Å². The maximum absolute atomic E-state index is 12.9. The summed E-state index contributed by atoms with van der Waals surface area (Å²) < 4.78 is 49.1. The molecule has 2 N–H and O–H groups in total. The van der Waals surface area contributed by atoms with E-state index in [1.807, 2.05) is 0 Å². The smallest absolute Gasteiger partial charge is 0.178 e. The van der Waals surface area contributed by atoms with Gasteiger partial charge in [-0.2, -0.15) is 0 Å². The van der Waals surface area contributed by atoms with Crippen LogP contribution in [0.15, 0.2) is 23.1 Å². The van der Waals surface area contributed by atoms with Crippen molar-refractivity contribution in [3.05, 3.63) is 29.8 Å². The lowest BCUT2D eigenvalue weighted by Crippen LogP contribution is -2.17. The fourth-order valence-corrected chi connectivity index (χ4v) is 2.72. The monoisotopic (exact) mass is 263 g/mol. The lowest BCUT2D eigenvalue weighted by Gasteiger charge is -2.06. The predicted octanol–water partition coefficient (Wildman–Crippen LogP) is 1.87. The normalized spacial score (nSPS) is 13.6. The van der Waals surface area contributed by atoms with Crippen molar-refractivity contribution in [2.75, 3.05) is 5.75 Å². The van der Waals surface area contributed by atoms with E-state index < -0.39 is 21.5 Å². The van der Waals surface area contributed by atoms with Gasteiger partial charge in [0.15, 0.2) is 21.5 Å². The number of sulfone groups is 1. The third-order valence-electron chi connectivity index (χ3n) is 2.32. The number of benzene rings is 1. The SMILES string of the molecule is CC(N)CCCS(=O)(=O)c1ccc(F)c(F)c1. The molecule has 0 fully saturated rings. The molecule has 17 heavy (non-hydrogen) atoms. The molecule has 0 aromatic heterocycles. The van der Waals surface area contributed by atoms with Gasteiger partial charge in [-0.05, 0) is 38.0 Å². The van der Waals surface area contributed by atoms with E-state index >= 15 is 0 Å². The van der Waals surface area contributed by atoms with Gasteiger partial charge in [-0.3, -0.25) is 0 Å². The van der Waals surface area contributed by atoms with E-state index in [2.05, 4.69) is 0 Å². The molecule has 3 nitrogen and oxygen atoms in total. The van der Waals surface area contributed by atoms with E-state index in [-0.39, 0.29) is 16.7 Å². The van der Waals surface area contributed by atoms with Gasteiger partial charge in [-0.15, -0.1) is 0 Å². The molecule has 0 aliphatic rings. The highest BCUT2D eigenvalue weighted by atomic mass is 32.2. The van der Waals surface area contributed by atoms with Crippen molar-refractivity contribution >= 4 is 9.84 Å². The molecule has 96 valence electrons. The quantitative estimate of drug-likeness (QED) is 0.825. The highest BCUT2D eigenvalue weighted by Gasteiger charge is 2.16. The van der Waals surface area contributed by atoms with E-state index in [0.717, 1.165) is 12.1 Å². The summed E-state index contributed by atoms with van der Waals surface area (Å²) in [6, 6.07) is 2.51. The largest absolute Gasteiger partial charge is 0.328 e. The Labute approximate surface area is 99.6 Å². The second-order valence-electron chi connectivity index (χ2n) is 4.01. The highest BCUT2D eigenvalue weighted by Crippen LogP contribution is 2.16. The Hall–Kier alpha value is -1.01. The van der Waals surface area contributed by atoms with E-state index in [9.17, 15) is 17.2 Å². The minimum atomic E-state index is -3.56. The van der Waals surface area contributed by atoms with Gasteiger partial charge in [0, 0.05) is 6.04 Å². The molecule has 1 aromatic carbocycles. The number of hydrogen-bond acceptors (Lipinski definition) is 3. The zero-order chi connectivity index (χ0) is 13.1. The summed E-state index contributed by atoms with van der Waals surface area (Å²) in [5, 5.41) is 0. The Bertz CT molecular complexity index is 486. The molecule has 0 radical (unpaired) electrons. The number of nitrogens with two attached hydrogens (primary N) is 1. The third-order valence-corrected chi connectivity index (χ3v) is 4.12. The van der Waals surface area contributed by atoms with Crippen molar-refractivity contribution in [3.63, 3.8) is 0 Å².